The molecule has 1 amide bonds. The number of fused-ring (bicyclic) bond motifs is 1. The molecule has 0 fully saturated rings. The topological polar surface area (TPSA) is 66.8 Å². The molecule has 0 aliphatic carbocycles. The molecule has 1 aliphatic heterocycles. The summed E-state index contributed by atoms with van der Waals surface area (Å²) < 4.78 is 4.85. The number of hydrogen-bond acceptors (Lipinski definition) is 5. The molecule has 1 N–H and O–H groups in total. The summed E-state index contributed by atoms with van der Waals surface area (Å²) in [4.78, 5) is 25.2. The van der Waals surface area contributed by atoms with E-state index in [9.17, 15) is 14.7 Å². The fourth-order valence-corrected chi connectivity index (χ4v) is 2.64. The highest BCUT2D eigenvalue weighted by atomic mass is 32.2. The van der Waals surface area contributed by atoms with Crippen LogP contribution in [0.3, 0.4) is 0 Å². The molecule has 1 aromatic carbocycles. The van der Waals surface area contributed by atoms with Crippen molar-refractivity contribution in [2.75, 3.05) is 24.3 Å². The molecule has 102 valence electrons. The number of rotatable bonds is 4. The van der Waals surface area contributed by atoms with E-state index < -0.39 is 6.10 Å². The van der Waals surface area contributed by atoms with Gasteiger partial charge in [0.25, 0.3) is 5.91 Å². The second kappa shape index (κ2) is 5.63. The average Bonchev–Trinajstić information content (AvgIpc) is 2.62. The van der Waals surface area contributed by atoms with E-state index in [2.05, 4.69) is 0 Å². The van der Waals surface area contributed by atoms with Crippen LogP contribution in [0.5, 0.6) is 0 Å². The molecular formula is C13H15NO4S. The Labute approximate surface area is 115 Å². The Bertz CT molecular complexity index is 517. The highest BCUT2D eigenvalue weighted by Crippen LogP contribution is 2.37. The maximum atomic E-state index is 11.6. The molecule has 1 atom stereocenters. The van der Waals surface area contributed by atoms with Gasteiger partial charge in [0.15, 0.2) is 6.10 Å². The quantitative estimate of drug-likeness (QED) is 0.666. The number of aliphatic hydroxyl groups is 1. The molecule has 0 aromatic heterocycles. The minimum absolute atomic E-state index is 0.229. The third-order valence-electron chi connectivity index (χ3n) is 2.88. The molecule has 1 unspecified atom stereocenters. The average molecular weight is 281 g/mol. The summed E-state index contributed by atoms with van der Waals surface area (Å²) in [6, 6.07) is 5.31. The standard InChI is InChI=1S/C13H15NO4S/c1-3-18-11(15)7-19-8-4-5-9-10(6-8)14(2)13(17)12(9)16/h4-6,12,16H,3,7H2,1-2H3. The first-order valence-electron chi connectivity index (χ1n) is 5.92. The number of aliphatic hydroxyl groups excluding tert-OH is 1. The molecule has 5 nitrogen and oxygen atoms in total. The fraction of sp³-hybridized carbons (Fsp3) is 0.385. The number of nitrogens with zero attached hydrogens (tertiary/aromatic N) is 1. The predicted octanol–water partition coefficient (Wildman–Crippen LogP) is 1.35. The van der Waals surface area contributed by atoms with Crippen molar-refractivity contribution in [3.05, 3.63) is 23.8 Å². The molecule has 0 radical (unpaired) electrons. The van der Waals surface area contributed by atoms with Crippen molar-refractivity contribution in [3.8, 4) is 0 Å². The number of amides is 1. The smallest absolute Gasteiger partial charge is 0.316 e. The number of anilines is 1. The molecule has 19 heavy (non-hydrogen) atoms. The van der Waals surface area contributed by atoms with Crippen LogP contribution in [0.4, 0.5) is 5.69 Å². The monoisotopic (exact) mass is 281 g/mol. The van der Waals surface area contributed by atoms with Crippen LogP contribution in [0.2, 0.25) is 0 Å². The number of benzene rings is 1. The first-order chi connectivity index (χ1) is 9.04. The second-order valence-electron chi connectivity index (χ2n) is 4.11. The van der Waals surface area contributed by atoms with Crippen molar-refractivity contribution in [2.24, 2.45) is 0 Å². The van der Waals surface area contributed by atoms with Crippen molar-refractivity contribution in [1.29, 1.82) is 0 Å². The molecule has 1 aromatic rings. The Morgan fingerprint density at radius 2 is 2.26 bits per heavy atom. The Hall–Kier alpha value is -1.53. The summed E-state index contributed by atoms with van der Waals surface area (Å²) in [5.41, 5.74) is 1.29. The number of hydrogen-bond donors (Lipinski definition) is 1. The van der Waals surface area contributed by atoms with E-state index in [1.165, 1.54) is 16.7 Å². The van der Waals surface area contributed by atoms with Crippen LogP contribution in [-0.2, 0) is 14.3 Å². The van der Waals surface area contributed by atoms with Gasteiger partial charge in [0, 0.05) is 17.5 Å². The number of thioether (sulfide) groups is 1. The Balaban J connectivity index is 2.10. The summed E-state index contributed by atoms with van der Waals surface area (Å²) in [5.74, 6) is -0.368. The van der Waals surface area contributed by atoms with Gasteiger partial charge in [0.2, 0.25) is 0 Å². The molecule has 0 bridgehead atoms. The first-order valence-corrected chi connectivity index (χ1v) is 6.91. The van der Waals surface area contributed by atoms with Crippen LogP contribution >= 0.6 is 11.8 Å². The Kier molecular flexibility index (Phi) is 4.11. The van der Waals surface area contributed by atoms with Gasteiger partial charge in [-0.25, -0.2) is 0 Å². The lowest BCUT2D eigenvalue weighted by atomic mass is 10.1. The minimum Gasteiger partial charge on any atom is -0.465 e. The number of ether oxygens (including phenoxy) is 1. The van der Waals surface area contributed by atoms with E-state index in [-0.39, 0.29) is 17.6 Å². The lowest BCUT2D eigenvalue weighted by Crippen LogP contribution is -2.23. The van der Waals surface area contributed by atoms with E-state index in [4.69, 9.17) is 4.74 Å². The SMILES string of the molecule is CCOC(=O)CSc1ccc2c(c1)N(C)C(=O)C2O. The number of esters is 1. The normalized spacial score (nSPS) is 17.5. The van der Waals surface area contributed by atoms with Crippen LogP contribution in [-0.4, -0.2) is 36.4 Å². The molecule has 2 rings (SSSR count). The second-order valence-corrected chi connectivity index (χ2v) is 5.16. The van der Waals surface area contributed by atoms with Gasteiger partial charge in [-0.05, 0) is 19.1 Å². The Morgan fingerprint density at radius 3 is 2.95 bits per heavy atom. The summed E-state index contributed by atoms with van der Waals surface area (Å²) in [5, 5.41) is 9.73. The molecular weight excluding hydrogens is 266 g/mol. The van der Waals surface area contributed by atoms with Gasteiger partial charge in [-0.1, -0.05) is 6.07 Å². The van der Waals surface area contributed by atoms with E-state index in [1.54, 1.807) is 32.2 Å². The maximum Gasteiger partial charge on any atom is 0.316 e. The maximum absolute atomic E-state index is 11.6. The van der Waals surface area contributed by atoms with E-state index >= 15 is 0 Å². The minimum atomic E-state index is -1.08. The zero-order valence-corrected chi connectivity index (χ0v) is 11.6. The third-order valence-corrected chi connectivity index (χ3v) is 3.85. The van der Waals surface area contributed by atoms with Gasteiger partial charge in [-0.15, -0.1) is 11.8 Å². The summed E-state index contributed by atoms with van der Waals surface area (Å²) in [6.45, 7) is 2.13. The number of likely N-dealkylation sites (N-methyl/N-ethyl adjacent to an activating group) is 1. The van der Waals surface area contributed by atoms with Crippen LogP contribution in [0.1, 0.15) is 18.6 Å². The van der Waals surface area contributed by atoms with Crippen LogP contribution in [0.25, 0.3) is 0 Å². The van der Waals surface area contributed by atoms with E-state index in [0.29, 0.717) is 17.9 Å². The summed E-state index contributed by atoms with van der Waals surface area (Å²) in [6.07, 6.45) is -1.08. The number of carbonyl (C=O) groups is 2. The summed E-state index contributed by atoms with van der Waals surface area (Å²) >= 11 is 1.34. The van der Waals surface area contributed by atoms with Crippen LogP contribution in [0, 0.1) is 0 Å². The van der Waals surface area contributed by atoms with Crippen molar-refractivity contribution < 1.29 is 19.4 Å². The van der Waals surface area contributed by atoms with E-state index in [0.717, 1.165) is 4.90 Å². The van der Waals surface area contributed by atoms with Gasteiger partial charge >= 0.3 is 5.97 Å². The molecule has 0 spiro atoms. The van der Waals surface area contributed by atoms with Crippen molar-refractivity contribution in [1.82, 2.24) is 0 Å². The number of carbonyl (C=O) groups excluding carboxylic acids is 2. The third kappa shape index (κ3) is 2.74. The van der Waals surface area contributed by atoms with Crippen LogP contribution < -0.4 is 4.90 Å². The largest absolute Gasteiger partial charge is 0.465 e. The Morgan fingerprint density at radius 1 is 1.53 bits per heavy atom. The lowest BCUT2D eigenvalue weighted by molar-refractivity contribution is -0.139. The lowest BCUT2D eigenvalue weighted by Gasteiger charge is -2.10. The molecule has 0 saturated carbocycles. The van der Waals surface area contributed by atoms with Gasteiger partial charge in [-0.3, -0.25) is 9.59 Å². The zero-order valence-electron chi connectivity index (χ0n) is 10.8. The van der Waals surface area contributed by atoms with Gasteiger partial charge in [-0.2, -0.15) is 0 Å². The van der Waals surface area contributed by atoms with Crippen LogP contribution in [0.15, 0.2) is 23.1 Å². The summed E-state index contributed by atoms with van der Waals surface area (Å²) in [7, 11) is 1.62. The fourth-order valence-electron chi connectivity index (χ4n) is 1.92. The van der Waals surface area contributed by atoms with Gasteiger partial charge < -0.3 is 14.7 Å². The highest BCUT2D eigenvalue weighted by molar-refractivity contribution is 8.00. The van der Waals surface area contributed by atoms with Crippen molar-refractivity contribution >= 4 is 29.3 Å². The zero-order chi connectivity index (χ0) is 14.0. The molecule has 1 aliphatic rings. The highest BCUT2D eigenvalue weighted by Gasteiger charge is 2.33. The predicted molar refractivity (Wildman–Crippen MR) is 72.2 cm³/mol. The van der Waals surface area contributed by atoms with Crippen molar-refractivity contribution in [2.45, 2.75) is 17.9 Å². The molecule has 0 saturated heterocycles. The molecule has 1 heterocycles. The van der Waals surface area contributed by atoms with Gasteiger partial charge in [0.05, 0.1) is 18.0 Å². The van der Waals surface area contributed by atoms with Gasteiger partial charge in [0.1, 0.15) is 0 Å². The van der Waals surface area contributed by atoms with E-state index in [1.807, 2.05) is 0 Å². The first kappa shape index (κ1) is 13.9. The van der Waals surface area contributed by atoms with Crippen molar-refractivity contribution in [3.63, 3.8) is 0 Å². The molecule has 6 heteroatoms.